The van der Waals surface area contributed by atoms with E-state index in [9.17, 15) is 4.79 Å². The maximum Gasteiger partial charge on any atom is 0.177 e. The number of hydrogen-bond acceptors (Lipinski definition) is 1. The van der Waals surface area contributed by atoms with E-state index < -0.39 is 10.8 Å². The molecule has 2 rings (SSSR count). The molecule has 2 aromatic carbocycles. The summed E-state index contributed by atoms with van der Waals surface area (Å²) in [6.07, 6.45) is 0. The van der Waals surface area contributed by atoms with Gasteiger partial charge in [0, 0.05) is 0 Å². The maximum absolute atomic E-state index is 12.3. The number of carbonyl (C=O) groups is 1. The van der Waals surface area contributed by atoms with Crippen LogP contribution in [0.2, 0.25) is 0 Å². The molecule has 0 spiro atoms. The maximum atomic E-state index is 12.3. The predicted molar refractivity (Wildman–Crippen MR) is 84.6 cm³/mol. The van der Waals surface area contributed by atoms with E-state index in [-0.39, 0.29) is 5.78 Å². The minimum absolute atomic E-state index is 0.193. The molecule has 0 amide bonds. The normalized spacial score (nSPS) is 13.8. The zero-order valence-corrected chi connectivity index (χ0v) is 12.9. The first-order valence-corrected chi connectivity index (χ1v) is 7.31. The number of hydrogen-bond donors (Lipinski definition) is 0. The lowest BCUT2D eigenvalue weighted by Crippen LogP contribution is -2.13. The van der Waals surface area contributed by atoms with Crippen LogP contribution in [0.15, 0.2) is 48.5 Å². The quantitative estimate of drug-likeness (QED) is 0.715. The van der Waals surface area contributed by atoms with Crippen molar-refractivity contribution in [2.75, 3.05) is 0 Å². The van der Waals surface area contributed by atoms with E-state index in [2.05, 4.69) is 0 Å². The molecule has 0 N–H and O–H groups in total. The van der Waals surface area contributed by atoms with Crippen LogP contribution < -0.4 is 0 Å². The van der Waals surface area contributed by atoms with Gasteiger partial charge in [-0.1, -0.05) is 59.7 Å². The standard InChI is InChI=1S/C17H16Cl2O/c1-11-3-7-13(8-4-11)15(18)17(20)16(19)14-9-5-12(2)6-10-14/h3-10,15-16H,1-2H3. The van der Waals surface area contributed by atoms with Crippen molar-refractivity contribution in [1.82, 2.24) is 0 Å². The second-order valence-corrected chi connectivity index (χ2v) is 5.82. The molecule has 1 nitrogen and oxygen atoms in total. The van der Waals surface area contributed by atoms with Crippen LogP contribution >= 0.6 is 23.2 Å². The van der Waals surface area contributed by atoms with Gasteiger partial charge in [-0.3, -0.25) is 4.79 Å². The Kier molecular flexibility index (Phi) is 4.85. The highest BCUT2D eigenvalue weighted by atomic mass is 35.5. The van der Waals surface area contributed by atoms with Gasteiger partial charge >= 0.3 is 0 Å². The van der Waals surface area contributed by atoms with Gasteiger partial charge in [0.05, 0.1) is 0 Å². The first kappa shape index (κ1) is 15.1. The molecule has 0 bridgehead atoms. The topological polar surface area (TPSA) is 17.1 Å². The van der Waals surface area contributed by atoms with Gasteiger partial charge in [-0.05, 0) is 25.0 Å². The zero-order chi connectivity index (χ0) is 14.7. The Morgan fingerprint density at radius 3 is 1.35 bits per heavy atom. The number of benzene rings is 2. The predicted octanol–water partition coefficient (Wildman–Crippen LogP) is 5.13. The highest BCUT2D eigenvalue weighted by Crippen LogP contribution is 2.32. The molecule has 104 valence electrons. The monoisotopic (exact) mass is 306 g/mol. The van der Waals surface area contributed by atoms with E-state index in [0.29, 0.717) is 0 Å². The van der Waals surface area contributed by atoms with Crippen molar-refractivity contribution < 1.29 is 4.79 Å². The lowest BCUT2D eigenvalue weighted by Gasteiger charge is -2.14. The summed E-state index contributed by atoms with van der Waals surface area (Å²) in [5.74, 6) is -0.193. The third-order valence-electron chi connectivity index (χ3n) is 3.24. The summed E-state index contributed by atoms with van der Waals surface area (Å²) in [7, 11) is 0. The van der Waals surface area contributed by atoms with Crippen molar-refractivity contribution in [1.29, 1.82) is 0 Å². The zero-order valence-electron chi connectivity index (χ0n) is 11.4. The van der Waals surface area contributed by atoms with Crippen LogP contribution in [-0.4, -0.2) is 5.78 Å². The third kappa shape index (κ3) is 3.41. The van der Waals surface area contributed by atoms with Crippen molar-refractivity contribution in [3.05, 3.63) is 70.8 Å². The van der Waals surface area contributed by atoms with Crippen LogP contribution in [-0.2, 0) is 4.79 Å². The Morgan fingerprint density at radius 2 is 1.05 bits per heavy atom. The fraction of sp³-hybridized carbons (Fsp3) is 0.235. The highest BCUT2D eigenvalue weighted by Gasteiger charge is 2.26. The molecule has 2 aromatic rings. The summed E-state index contributed by atoms with van der Waals surface area (Å²) in [6, 6.07) is 15.2. The molecule has 0 aliphatic rings. The molecule has 0 aromatic heterocycles. The van der Waals surface area contributed by atoms with Crippen molar-refractivity contribution >= 4 is 29.0 Å². The van der Waals surface area contributed by atoms with Crippen molar-refractivity contribution in [2.24, 2.45) is 0 Å². The number of aryl methyl sites for hydroxylation is 2. The van der Waals surface area contributed by atoms with Gasteiger partial charge in [0.15, 0.2) is 5.78 Å². The fourth-order valence-electron chi connectivity index (χ4n) is 1.93. The molecule has 0 fully saturated rings. The number of alkyl halides is 2. The largest absolute Gasteiger partial charge is 0.296 e. The first-order chi connectivity index (χ1) is 9.49. The van der Waals surface area contributed by atoms with Gasteiger partial charge in [0.1, 0.15) is 10.8 Å². The molecular formula is C17H16Cl2O. The van der Waals surface area contributed by atoms with E-state index in [1.54, 1.807) is 0 Å². The molecular weight excluding hydrogens is 291 g/mol. The van der Waals surface area contributed by atoms with Crippen LogP contribution in [0.5, 0.6) is 0 Å². The molecule has 2 unspecified atom stereocenters. The average Bonchev–Trinajstić information content (AvgIpc) is 2.46. The molecule has 0 aliphatic heterocycles. The van der Waals surface area contributed by atoms with Crippen LogP contribution in [0.3, 0.4) is 0 Å². The van der Waals surface area contributed by atoms with Gasteiger partial charge in [-0.25, -0.2) is 0 Å². The second kappa shape index (κ2) is 6.43. The molecule has 0 saturated heterocycles. The summed E-state index contributed by atoms with van der Waals surface area (Å²) in [5.41, 5.74) is 3.82. The van der Waals surface area contributed by atoms with Gasteiger partial charge in [-0.15, -0.1) is 23.2 Å². The average molecular weight is 307 g/mol. The molecule has 0 aliphatic carbocycles. The Hall–Kier alpha value is -1.31. The van der Waals surface area contributed by atoms with E-state index in [0.717, 1.165) is 22.3 Å². The summed E-state index contributed by atoms with van der Waals surface area (Å²) in [4.78, 5) is 12.3. The molecule has 0 radical (unpaired) electrons. The Morgan fingerprint density at radius 1 is 0.750 bits per heavy atom. The van der Waals surface area contributed by atoms with Gasteiger partial charge in [0.2, 0.25) is 0 Å². The Bertz CT molecular complexity index is 534. The number of Topliss-reactive ketones (excluding diaryl/α,β-unsaturated/α-hetero) is 1. The van der Waals surface area contributed by atoms with Crippen LogP contribution in [0.4, 0.5) is 0 Å². The van der Waals surface area contributed by atoms with Crippen LogP contribution in [0, 0.1) is 13.8 Å². The van der Waals surface area contributed by atoms with E-state index >= 15 is 0 Å². The van der Waals surface area contributed by atoms with E-state index in [4.69, 9.17) is 23.2 Å². The highest BCUT2D eigenvalue weighted by molar-refractivity contribution is 6.40. The van der Waals surface area contributed by atoms with Crippen molar-refractivity contribution in [2.45, 2.75) is 24.6 Å². The van der Waals surface area contributed by atoms with Gasteiger partial charge < -0.3 is 0 Å². The summed E-state index contributed by atoms with van der Waals surface area (Å²) < 4.78 is 0. The smallest absolute Gasteiger partial charge is 0.177 e. The fourth-order valence-corrected chi connectivity index (χ4v) is 2.54. The molecule has 20 heavy (non-hydrogen) atoms. The minimum Gasteiger partial charge on any atom is -0.296 e. The number of halogens is 2. The molecule has 0 saturated carbocycles. The van der Waals surface area contributed by atoms with E-state index in [1.807, 2.05) is 62.4 Å². The lowest BCUT2D eigenvalue weighted by atomic mass is 10.0. The van der Waals surface area contributed by atoms with E-state index in [1.165, 1.54) is 0 Å². The van der Waals surface area contributed by atoms with Crippen molar-refractivity contribution in [3.63, 3.8) is 0 Å². The molecule has 0 heterocycles. The Labute approximate surface area is 129 Å². The van der Waals surface area contributed by atoms with Gasteiger partial charge in [-0.2, -0.15) is 0 Å². The first-order valence-electron chi connectivity index (χ1n) is 6.44. The van der Waals surface area contributed by atoms with Crippen LogP contribution in [0.1, 0.15) is 33.0 Å². The summed E-state index contributed by atoms with van der Waals surface area (Å²) >= 11 is 12.5. The van der Waals surface area contributed by atoms with Crippen LogP contribution in [0.25, 0.3) is 0 Å². The number of rotatable bonds is 4. The third-order valence-corrected chi connectivity index (χ3v) is 4.17. The second-order valence-electron chi connectivity index (χ2n) is 4.95. The Balaban J connectivity index is 2.17. The van der Waals surface area contributed by atoms with Crippen molar-refractivity contribution in [3.8, 4) is 0 Å². The molecule has 3 heteroatoms. The number of ketones is 1. The minimum atomic E-state index is -0.723. The lowest BCUT2D eigenvalue weighted by molar-refractivity contribution is -0.118. The molecule has 2 atom stereocenters. The number of carbonyl (C=O) groups excluding carboxylic acids is 1. The SMILES string of the molecule is Cc1ccc(C(Cl)C(=O)C(Cl)c2ccc(C)cc2)cc1. The summed E-state index contributed by atoms with van der Waals surface area (Å²) in [6.45, 7) is 3.98. The van der Waals surface area contributed by atoms with Gasteiger partial charge in [0.25, 0.3) is 0 Å². The summed E-state index contributed by atoms with van der Waals surface area (Å²) in [5, 5.41) is -1.45.